The Hall–Kier alpha value is -0.840. The molecule has 0 aliphatic heterocycles. The van der Waals surface area contributed by atoms with Crippen LogP contribution in [0, 0.1) is 5.92 Å². The molecule has 0 aliphatic rings. The first kappa shape index (κ1) is 16.2. The van der Waals surface area contributed by atoms with Crippen molar-refractivity contribution in [3.63, 3.8) is 0 Å². The number of nitrogens with one attached hydrogen (secondary N) is 1. The summed E-state index contributed by atoms with van der Waals surface area (Å²) in [5.74, 6) is 2.01. The Morgan fingerprint density at radius 2 is 2.11 bits per heavy atom. The van der Waals surface area contributed by atoms with Crippen molar-refractivity contribution < 1.29 is 4.74 Å². The smallest absolute Gasteiger partial charge is 0.233 e. The standard InChI is InChI=1S/C14H24BrN3O/c1-4-7-8-11(5-2)9-19-14-12(15)13(16-6-3)17-10-18-14/h10-11H,4-9H2,1-3H3,(H,16,17,18). The van der Waals surface area contributed by atoms with Crippen molar-refractivity contribution in [1.29, 1.82) is 0 Å². The number of halogens is 1. The van der Waals surface area contributed by atoms with Crippen LogP contribution in [0.25, 0.3) is 0 Å². The second kappa shape index (κ2) is 9.13. The van der Waals surface area contributed by atoms with Crippen LogP contribution in [0.5, 0.6) is 5.88 Å². The highest BCUT2D eigenvalue weighted by Gasteiger charge is 2.12. The molecule has 0 spiro atoms. The molecule has 0 fully saturated rings. The highest BCUT2D eigenvalue weighted by molar-refractivity contribution is 9.10. The fourth-order valence-corrected chi connectivity index (χ4v) is 2.30. The second-order valence-electron chi connectivity index (χ2n) is 4.60. The van der Waals surface area contributed by atoms with E-state index in [1.165, 1.54) is 25.6 Å². The van der Waals surface area contributed by atoms with Crippen LogP contribution in [0.3, 0.4) is 0 Å². The van der Waals surface area contributed by atoms with Crippen molar-refractivity contribution in [2.45, 2.75) is 46.5 Å². The molecule has 4 nitrogen and oxygen atoms in total. The summed E-state index contributed by atoms with van der Waals surface area (Å²) in [6, 6.07) is 0. The van der Waals surface area contributed by atoms with Gasteiger partial charge in [-0.2, -0.15) is 0 Å². The SMILES string of the molecule is CCCCC(CC)COc1ncnc(NCC)c1Br. The molecule has 0 bridgehead atoms. The second-order valence-corrected chi connectivity index (χ2v) is 5.39. The molecule has 1 aromatic heterocycles. The van der Waals surface area contributed by atoms with E-state index in [0.717, 1.165) is 29.9 Å². The van der Waals surface area contributed by atoms with Crippen LogP contribution >= 0.6 is 15.9 Å². The van der Waals surface area contributed by atoms with E-state index in [9.17, 15) is 0 Å². The minimum absolute atomic E-state index is 0.601. The third-order valence-corrected chi connectivity index (χ3v) is 3.82. The van der Waals surface area contributed by atoms with Gasteiger partial charge in [0.1, 0.15) is 16.6 Å². The molecule has 5 heteroatoms. The summed E-state index contributed by atoms with van der Waals surface area (Å²) < 4.78 is 6.64. The van der Waals surface area contributed by atoms with Gasteiger partial charge in [-0.1, -0.05) is 33.1 Å². The molecule has 0 aliphatic carbocycles. The maximum Gasteiger partial charge on any atom is 0.233 e. The summed E-state index contributed by atoms with van der Waals surface area (Å²) >= 11 is 3.49. The molecule has 108 valence electrons. The molecule has 1 aromatic rings. The molecule has 1 unspecified atom stereocenters. The van der Waals surface area contributed by atoms with Crippen LogP contribution < -0.4 is 10.1 Å². The fourth-order valence-electron chi connectivity index (χ4n) is 1.84. The number of hydrogen-bond donors (Lipinski definition) is 1. The molecule has 0 saturated carbocycles. The summed E-state index contributed by atoms with van der Waals surface area (Å²) in [5, 5.41) is 3.17. The van der Waals surface area contributed by atoms with Gasteiger partial charge in [0.15, 0.2) is 0 Å². The lowest BCUT2D eigenvalue weighted by Crippen LogP contribution is -2.13. The number of rotatable bonds is 9. The van der Waals surface area contributed by atoms with Crippen molar-refractivity contribution in [2.24, 2.45) is 5.92 Å². The summed E-state index contributed by atoms with van der Waals surface area (Å²) in [4.78, 5) is 8.36. The number of unbranched alkanes of at least 4 members (excludes halogenated alkanes) is 1. The lowest BCUT2D eigenvalue weighted by Gasteiger charge is -2.16. The number of anilines is 1. The van der Waals surface area contributed by atoms with Gasteiger partial charge in [-0.05, 0) is 35.2 Å². The maximum atomic E-state index is 5.84. The summed E-state index contributed by atoms with van der Waals surface area (Å²) in [5.41, 5.74) is 0. The molecular weight excluding hydrogens is 306 g/mol. The summed E-state index contributed by atoms with van der Waals surface area (Å²) in [7, 11) is 0. The third kappa shape index (κ3) is 5.35. The first-order valence-electron chi connectivity index (χ1n) is 7.10. The average Bonchev–Trinajstić information content (AvgIpc) is 2.43. The van der Waals surface area contributed by atoms with Crippen LogP contribution in [0.1, 0.15) is 46.5 Å². The van der Waals surface area contributed by atoms with E-state index in [2.05, 4.69) is 45.1 Å². The molecule has 1 heterocycles. The van der Waals surface area contributed by atoms with Gasteiger partial charge in [0, 0.05) is 6.54 Å². The van der Waals surface area contributed by atoms with Crippen LogP contribution in [0.15, 0.2) is 10.8 Å². The van der Waals surface area contributed by atoms with Crippen molar-refractivity contribution >= 4 is 21.7 Å². The van der Waals surface area contributed by atoms with Crippen molar-refractivity contribution in [3.8, 4) is 5.88 Å². The molecule has 1 atom stereocenters. The van der Waals surface area contributed by atoms with E-state index in [4.69, 9.17) is 4.74 Å². The van der Waals surface area contributed by atoms with Crippen LogP contribution in [0.2, 0.25) is 0 Å². The van der Waals surface area contributed by atoms with Gasteiger partial charge in [0.2, 0.25) is 5.88 Å². The Bertz CT molecular complexity index is 374. The minimum Gasteiger partial charge on any atom is -0.476 e. The Kier molecular flexibility index (Phi) is 7.79. The van der Waals surface area contributed by atoms with Crippen molar-refractivity contribution in [3.05, 3.63) is 10.8 Å². The zero-order valence-corrected chi connectivity index (χ0v) is 13.7. The zero-order valence-electron chi connectivity index (χ0n) is 12.1. The molecule has 0 radical (unpaired) electrons. The number of nitrogens with zero attached hydrogens (tertiary/aromatic N) is 2. The highest BCUT2D eigenvalue weighted by Crippen LogP contribution is 2.29. The predicted octanol–water partition coefficient (Wildman–Crippen LogP) is 4.27. The first-order chi connectivity index (χ1) is 9.22. The monoisotopic (exact) mass is 329 g/mol. The van der Waals surface area contributed by atoms with Gasteiger partial charge in [0.05, 0.1) is 6.61 Å². The van der Waals surface area contributed by atoms with Gasteiger partial charge in [-0.25, -0.2) is 9.97 Å². The van der Waals surface area contributed by atoms with Gasteiger partial charge in [0.25, 0.3) is 0 Å². The van der Waals surface area contributed by atoms with E-state index in [-0.39, 0.29) is 0 Å². The van der Waals surface area contributed by atoms with E-state index < -0.39 is 0 Å². The van der Waals surface area contributed by atoms with E-state index >= 15 is 0 Å². The average molecular weight is 330 g/mol. The largest absolute Gasteiger partial charge is 0.476 e. The van der Waals surface area contributed by atoms with E-state index in [0.29, 0.717) is 11.8 Å². The summed E-state index contributed by atoms with van der Waals surface area (Å²) in [6.45, 7) is 8.01. The highest BCUT2D eigenvalue weighted by atomic mass is 79.9. The number of hydrogen-bond acceptors (Lipinski definition) is 4. The van der Waals surface area contributed by atoms with E-state index in [1.54, 1.807) is 0 Å². The fraction of sp³-hybridized carbons (Fsp3) is 0.714. The van der Waals surface area contributed by atoms with Gasteiger partial charge < -0.3 is 10.1 Å². The lowest BCUT2D eigenvalue weighted by atomic mass is 10.0. The summed E-state index contributed by atoms with van der Waals surface area (Å²) in [6.07, 6.45) is 6.39. The quantitative estimate of drug-likeness (QED) is 0.735. The zero-order chi connectivity index (χ0) is 14.1. The van der Waals surface area contributed by atoms with Crippen LogP contribution in [-0.2, 0) is 0 Å². The molecule has 1 rings (SSSR count). The van der Waals surface area contributed by atoms with Crippen molar-refractivity contribution in [1.82, 2.24) is 9.97 Å². The Labute approximate surface area is 124 Å². The molecule has 0 saturated heterocycles. The Balaban J connectivity index is 2.58. The minimum atomic E-state index is 0.601. The third-order valence-electron chi connectivity index (χ3n) is 3.10. The van der Waals surface area contributed by atoms with E-state index in [1.807, 2.05) is 6.92 Å². The van der Waals surface area contributed by atoms with Gasteiger partial charge >= 0.3 is 0 Å². The Morgan fingerprint density at radius 3 is 2.74 bits per heavy atom. The molecule has 0 aromatic carbocycles. The van der Waals surface area contributed by atoms with Crippen molar-refractivity contribution in [2.75, 3.05) is 18.5 Å². The molecule has 0 amide bonds. The molecular formula is C14H24BrN3O. The molecule has 19 heavy (non-hydrogen) atoms. The van der Waals surface area contributed by atoms with Gasteiger partial charge in [-0.15, -0.1) is 0 Å². The molecule has 1 N–H and O–H groups in total. The van der Waals surface area contributed by atoms with Crippen LogP contribution in [-0.4, -0.2) is 23.1 Å². The number of aromatic nitrogens is 2. The predicted molar refractivity (Wildman–Crippen MR) is 82.7 cm³/mol. The lowest BCUT2D eigenvalue weighted by molar-refractivity contribution is 0.224. The topological polar surface area (TPSA) is 47.0 Å². The number of ether oxygens (including phenoxy) is 1. The maximum absolute atomic E-state index is 5.84. The Morgan fingerprint density at radius 1 is 1.32 bits per heavy atom. The first-order valence-corrected chi connectivity index (χ1v) is 7.89. The normalized spacial score (nSPS) is 12.2. The van der Waals surface area contributed by atoms with Gasteiger partial charge in [-0.3, -0.25) is 0 Å². The van der Waals surface area contributed by atoms with Crippen LogP contribution in [0.4, 0.5) is 5.82 Å².